The second-order valence-electron chi connectivity index (χ2n) is 6.61. The molecule has 2 aromatic rings. The molecule has 1 aliphatic carbocycles. The molecule has 6 heteroatoms. The summed E-state index contributed by atoms with van der Waals surface area (Å²) in [6.07, 6.45) is 5.33. The molecule has 0 radical (unpaired) electrons. The minimum atomic E-state index is -0.323. The summed E-state index contributed by atoms with van der Waals surface area (Å²) in [5.41, 5.74) is 4.87. The Morgan fingerprint density at radius 1 is 1.12 bits per heavy atom. The average Bonchev–Trinajstić information content (AvgIpc) is 2.60. The molecule has 4 rings (SSSR count). The Hall–Kier alpha value is -2.50. The van der Waals surface area contributed by atoms with Gasteiger partial charge in [0, 0.05) is 36.5 Å². The molecular weight excluding hydrogens is 304 g/mol. The number of fused-ring (bicyclic) bond motifs is 2. The van der Waals surface area contributed by atoms with Gasteiger partial charge >= 0.3 is 0 Å². The first-order chi connectivity index (χ1) is 11.6. The third-order valence-corrected chi connectivity index (χ3v) is 4.99. The van der Waals surface area contributed by atoms with Crippen LogP contribution in [0, 0.1) is 17.0 Å². The lowest BCUT2D eigenvalue weighted by Gasteiger charge is -2.32. The van der Waals surface area contributed by atoms with E-state index >= 15 is 0 Å². The summed E-state index contributed by atoms with van der Waals surface area (Å²) in [6.45, 7) is 3.52. The zero-order valence-electron chi connectivity index (χ0n) is 13.8. The van der Waals surface area contributed by atoms with Crippen molar-refractivity contribution >= 4 is 11.5 Å². The maximum atomic E-state index is 11.0. The molecule has 0 N–H and O–H groups in total. The van der Waals surface area contributed by atoms with Crippen LogP contribution in [0.5, 0.6) is 0 Å². The molecule has 0 atom stereocenters. The van der Waals surface area contributed by atoms with Gasteiger partial charge < -0.3 is 4.90 Å². The Kier molecular flexibility index (Phi) is 3.67. The number of nitro groups is 1. The Morgan fingerprint density at radius 3 is 2.79 bits per heavy atom. The number of rotatable bonds is 2. The molecule has 6 nitrogen and oxygen atoms in total. The Balaban J connectivity index is 1.71. The second kappa shape index (κ2) is 5.85. The third-order valence-electron chi connectivity index (χ3n) is 4.99. The molecule has 1 aliphatic heterocycles. The lowest BCUT2D eigenvalue weighted by molar-refractivity contribution is -0.384. The van der Waals surface area contributed by atoms with Crippen LogP contribution in [-0.2, 0) is 25.8 Å². The molecule has 0 spiro atoms. The third kappa shape index (κ3) is 2.62. The van der Waals surface area contributed by atoms with Gasteiger partial charge in [0.05, 0.1) is 4.92 Å². The second-order valence-corrected chi connectivity index (χ2v) is 6.61. The van der Waals surface area contributed by atoms with Crippen LogP contribution in [0.3, 0.4) is 0 Å². The number of aryl methyl sites for hydroxylation is 2. The normalized spacial score (nSPS) is 16.5. The van der Waals surface area contributed by atoms with Crippen molar-refractivity contribution in [1.29, 1.82) is 0 Å². The number of nitrogens with zero attached hydrogens (tertiary/aromatic N) is 4. The molecule has 0 amide bonds. The van der Waals surface area contributed by atoms with Crippen molar-refractivity contribution in [2.45, 2.75) is 45.6 Å². The SMILES string of the molecule is Cc1nc2c(c(N3CCc4ccc([N+](=O)[O-])cc4C3)n1)CCCC2. The van der Waals surface area contributed by atoms with Crippen molar-refractivity contribution in [3.05, 3.63) is 56.5 Å². The van der Waals surface area contributed by atoms with Gasteiger partial charge in [-0.1, -0.05) is 6.07 Å². The Morgan fingerprint density at radius 2 is 1.96 bits per heavy atom. The summed E-state index contributed by atoms with van der Waals surface area (Å²) in [4.78, 5) is 22.3. The van der Waals surface area contributed by atoms with Crippen molar-refractivity contribution < 1.29 is 4.92 Å². The van der Waals surface area contributed by atoms with E-state index in [1.165, 1.54) is 29.7 Å². The van der Waals surface area contributed by atoms with E-state index in [0.29, 0.717) is 6.54 Å². The standard InChI is InChI=1S/C18H20N4O2/c1-12-19-17-5-3-2-4-16(17)18(20-12)21-9-8-13-6-7-15(22(23)24)10-14(13)11-21/h6-7,10H,2-5,8-9,11H2,1H3. The number of hydrogen-bond donors (Lipinski definition) is 0. The molecule has 2 heterocycles. The molecule has 0 fully saturated rings. The van der Waals surface area contributed by atoms with E-state index in [1.807, 2.05) is 13.0 Å². The van der Waals surface area contributed by atoms with Gasteiger partial charge in [0.25, 0.3) is 5.69 Å². The highest BCUT2D eigenvalue weighted by Gasteiger charge is 2.25. The van der Waals surface area contributed by atoms with Crippen LogP contribution in [0.25, 0.3) is 0 Å². The molecule has 1 aromatic carbocycles. The van der Waals surface area contributed by atoms with Crippen LogP contribution >= 0.6 is 0 Å². The minimum Gasteiger partial charge on any atom is -0.352 e. The van der Waals surface area contributed by atoms with E-state index in [0.717, 1.165) is 43.0 Å². The van der Waals surface area contributed by atoms with Crippen LogP contribution < -0.4 is 4.90 Å². The Bertz CT molecular complexity index is 819. The van der Waals surface area contributed by atoms with Crippen molar-refractivity contribution in [2.75, 3.05) is 11.4 Å². The quantitative estimate of drug-likeness (QED) is 0.627. The van der Waals surface area contributed by atoms with Gasteiger partial charge in [-0.15, -0.1) is 0 Å². The fourth-order valence-electron chi connectivity index (χ4n) is 3.79. The zero-order valence-corrected chi connectivity index (χ0v) is 13.8. The average molecular weight is 324 g/mol. The lowest BCUT2D eigenvalue weighted by Crippen LogP contribution is -2.33. The summed E-state index contributed by atoms with van der Waals surface area (Å²) >= 11 is 0. The summed E-state index contributed by atoms with van der Waals surface area (Å²) in [5.74, 6) is 1.85. The number of non-ortho nitro benzene ring substituents is 1. The number of benzene rings is 1. The van der Waals surface area contributed by atoms with Crippen molar-refractivity contribution in [3.63, 3.8) is 0 Å². The number of anilines is 1. The summed E-state index contributed by atoms with van der Waals surface area (Å²) in [6, 6.07) is 5.21. The summed E-state index contributed by atoms with van der Waals surface area (Å²) in [5, 5.41) is 11.0. The topological polar surface area (TPSA) is 72.2 Å². The van der Waals surface area contributed by atoms with Crippen LogP contribution in [0.2, 0.25) is 0 Å². The highest BCUT2D eigenvalue weighted by atomic mass is 16.6. The van der Waals surface area contributed by atoms with E-state index in [2.05, 4.69) is 9.88 Å². The molecule has 24 heavy (non-hydrogen) atoms. The predicted octanol–water partition coefficient (Wildman–Crippen LogP) is 3.13. The molecule has 1 aromatic heterocycles. The molecule has 124 valence electrons. The highest BCUT2D eigenvalue weighted by Crippen LogP contribution is 2.32. The van der Waals surface area contributed by atoms with Gasteiger partial charge in [0.15, 0.2) is 0 Å². The summed E-state index contributed by atoms with van der Waals surface area (Å²) < 4.78 is 0. The van der Waals surface area contributed by atoms with Crippen LogP contribution in [0.15, 0.2) is 18.2 Å². The van der Waals surface area contributed by atoms with Gasteiger partial charge in [0.1, 0.15) is 11.6 Å². The minimum absolute atomic E-state index is 0.163. The van der Waals surface area contributed by atoms with E-state index in [-0.39, 0.29) is 10.6 Å². The van der Waals surface area contributed by atoms with Gasteiger partial charge in [-0.05, 0) is 50.2 Å². The van der Waals surface area contributed by atoms with Gasteiger partial charge in [-0.25, -0.2) is 9.97 Å². The molecule has 0 unspecified atom stereocenters. The van der Waals surface area contributed by atoms with Crippen LogP contribution in [0.1, 0.15) is 41.1 Å². The fourth-order valence-corrected chi connectivity index (χ4v) is 3.79. The first-order valence-corrected chi connectivity index (χ1v) is 8.49. The Labute approximate surface area is 140 Å². The first kappa shape index (κ1) is 15.1. The molecule has 2 aliphatic rings. The monoisotopic (exact) mass is 324 g/mol. The molecule has 0 saturated heterocycles. The smallest absolute Gasteiger partial charge is 0.269 e. The van der Waals surface area contributed by atoms with Crippen molar-refractivity contribution in [3.8, 4) is 0 Å². The van der Waals surface area contributed by atoms with Crippen molar-refractivity contribution in [1.82, 2.24) is 9.97 Å². The lowest BCUT2D eigenvalue weighted by atomic mass is 9.94. The molecule has 0 bridgehead atoms. The first-order valence-electron chi connectivity index (χ1n) is 8.49. The van der Waals surface area contributed by atoms with Crippen molar-refractivity contribution in [2.24, 2.45) is 0 Å². The van der Waals surface area contributed by atoms with Gasteiger partial charge in [-0.3, -0.25) is 10.1 Å². The van der Waals surface area contributed by atoms with Crippen LogP contribution in [0.4, 0.5) is 11.5 Å². The predicted molar refractivity (Wildman–Crippen MR) is 91.3 cm³/mol. The maximum absolute atomic E-state index is 11.0. The largest absolute Gasteiger partial charge is 0.352 e. The molecule has 0 saturated carbocycles. The number of hydrogen-bond acceptors (Lipinski definition) is 5. The van der Waals surface area contributed by atoms with E-state index in [9.17, 15) is 10.1 Å². The molecular formula is C18H20N4O2. The maximum Gasteiger partial charge on any atom is 0.269 e. The van der Waals surface area contributed by atoms with E-state index in [1.54, 1.807) is 12.1 Å². The summed E-state index contributed by atoms with van der Waals surface area (Å²) in [7, 11) is 0. The van der Waals surface area contributed by atoms with Crippen LogP contribution in [-0.4, -0.2) is 21.4 Å². The van der Waals surface area contributed by atoms with E-state index < -0.39 is 0 Å². The van der Waals surface area contributed by atoms with E-state index in [4.69, 9.17) is 4.98 Å². The zero-order chi connectivity index (χ0) is 16.7. The number of aromatic nitrogens is 2. The van der Waals surface area contributed by atoms with Gasteiger partial charge in [0.2, 0.25) is 0 Å². The fraction of sp³-hybridized carbons (Fsp3) is 0.444. The van der Waals surface area contributed by atoms with Gasteiger partial charge in [-0.2, -0.15) is 0 Å². The number of nitro benzene ring substituents is 1. The highest BCUT2D eigenvalue weighted by molar-refractivity contribution is 5.53.